The molecule has 0 fully saturated rings. The van der Waals surface area contributed by atoms with E-state index in [-0.39, 0.29) is 5.56 Å². The van der Waals surface area contributed by atoms with Gasteiger partial charge in [-0.2, -0.15) is 0 Å². The van der Waals surface area contributed by atoms with E-state index in [0.29, 0.717) is 18.1 Å². The summed E-state index contributed by atoms with van der Waals surface area (Å²) in [6.45, 7) is 0.295. The molecule has 1 aromatic heterocycles. The summed E-state index contributed by atoms with van der Waals surface area (Å²) < 4.78 is 10.0. The minimum atomic E-state index is -0.956. The lowest BCUT2D eigenvalue weighted by molar-refractivity contribution is 0.0697. The predicted octanol–water partition coefficient (Wildman–Crippen LogP) is 1.95. The van der Waals surface area contributed by atoms with Gasteiger partial charge in [-0.3, -0.25) is 0 Å². The maximum Gasteiger partial charge on any atom is 0.335 e. The molecule has 0 aliphatic heterocycles. The number of aromatic carboxylic acids is 1. The van der Waals surface area contributed by atoms with E-state index in [0.717, 1.165) is 0 Å². The van der Waals surface area contributed by atoms with Crippen molar-refractivity contribution in [3.05, 3.63) is 47.9 Å². The first kappa shape index (κ1) is 10.2. The van der Waals surface area contributed by atoms with Gasteiger partial charge < -0.3 is 14.4 Å². The fourth-order valence-corrected chi connectivity index (χ4v) is 1.16. The second-order valence-electron chi connectivity index (χ2n) is 3.11. The second-order valence-corrected chi connectivity index (χ2v) is 3.11. The van der Waals surface area contributed by atoms with Crippen LogP contribution in [0.15, 0.2) is 41.1 Å². The van der Waals surface area contributed by atoms with Gasteiger partial charge in [0.25, 0.3) is 0 Å². The number of ether oxygens (including phenoxy) is 1. The molecule has 0 aliphatic rings. The third kappa shape index (κ3) is 2.38. The third-order valence-electron chi connectivity index (χ3n) is 1.98. The van der Waals surface area contributed by atoms with Crippen molar-refractivity contribution in [2.75, 3.05) is 0 Å². The van der Waals surface area contributed by atoms with Gasteiger partial charge in [0.2, 0.25) is 0 Å². The van der Waals surface area contributed by atoms with Crippen molar-refractivity contribution in [2.24, 2.45) is 0 Å². The highest BCUT2D eigenvalue weighted by Gasteiger charge is 2.03. The number of aromatic nitrogens is 1. The Balaban J connectivity index is 1.98. The quantitative estimate of drug-likeness (QED) is 0.850. The third-order valence-corrected chi connectivity index (χ3v) is 1.98. The summed E-state index contributed by atoms with van der Waals surface area (Å²) in [5.74, 6) is -0.365. The van der Waals surface area contributed by atoms with Crippen LogP contribution in [0.4, 0.5) is 0 Å². The van der Waals surface area contributed by atoms with Crippen LogP contribution in [0.5, 0.6) is 5.75 Å². The molecule has 5 heteroatoms. The van der Waals surface area contributed by atoms with Gasteiger partial charge in [0, 0.05) is 6.07 Å². The summed E-state index contributed by atoms with van der Waals surface area (Å²) >= 11 is 0. The molecule has 0 saturated carbocycles. The van der Waals surface area contributed by atoms with Crippen molar-refractivity contribution in [2.45, 2.75) is 6.61 Å². The summed E-state index contributed by atoms with van der Waals surface area (Å²) in [6, 6.07) is 7.87. The minimum absolute atomic E-state index is 0.230. The lowest BCUT2D eigenvalue weighted by Crippen LogP contribution is -1.98. The topological polar surface area (TPSA) is 72.6 Å². The number of benzene rings is 1. The van der Waals surface area contributed by atoms with Crippen LogP contribution in [0.25, 0.3) is 0 Å². The second kappa shape index (κ2) is 4.48. The number of nitrogens with zero attached hydrogens (tertiary/aromatic N) is 1. The SMILES string of the molecule is O=C(O)c1ccc(OCc2ccon2)cc1. The Kier molecular flexibility index (Phi) is 2.86. The van der Waals surface area contributed by atoms with Gasteiger partial charge >= 0.3 is 5.97 Å². The molecule has 16 heavy (non-hydrogen) atoms. The Labute approximate surface area is 91.3 Å². The van der Waals surface area contributed by atoms with Crippen LogP contribution in [-0.2, 0) is 6.61 Å². The van der Waals surface area contributed by atoms with Gasteiger partial charge in [-0.25, -0.2) is 4.79 Å². The Morgan fingerprint density at radius 1 is 1.31 bits per heavy atom. The van der Waals surface area contributed by atoms with Crippen LogP contribution < -0.4 is 4.74 Å². The number of carbonyl (C=O) groups is 1. The molecule has 0 saturated heterocycles. The predicted molar refractivity (Wildman–Crippen MR) is 54.2 cm³/mol. The van der Waals surface area contributed by atoms with Gasteiger partial charge in [-0.15, -0.1) is 0 Å². The van der Waals surface area contributed by atoms with E-state index in [1.807, 2.05) is 0 Å². The first-order chi connectivity index (χ1) is 7.75. The molecule has 0 unspecified atom stereocenters. The largest absolute Gasteiger partial charge is 0.487 e. The molecular formula is C11H9NO4. The number of carboxylic acid groups (broad SMARTS) is 1. The molecule has 5 nitrogen and oxygen atoms in total. The number of carboxylic acids is 1. The van der Waals surface area contributed by atoms with Crippen molar-refractivity contribution < 1.29 is 19.2 Å². The standard InChI is InChI=1S/C11H9NO4/c13-11(14)8-1-3-10(4-2-8)15-7-9-5-6-16-12-9/h1-6H,7H2,(H,13,14). The Bertz CT molecular complexity index is 461. The summed E-state index contributed by atoms with van der Waals surface area (Å²) in [5, 5.41) is 12.4. The average molecular weight is 219 g/mol. The molecule has 2 aromatic rings. The smallest absolute Gasteiger partial charge is 0.335 e. The van der Waals surface area contributed by atoms with Gasteiger partial charge in [0.05, 0.1) is 5.56 Å². The molecular weight excluding hydrogens is 210 g/mol. The van der Waals surface area contributed by atoms with Gasteiger partial charge in [-0.1, -0.05) is 5.16 Å². The van der Waals surface area contributed by atoms with E-state index in [9.17, 15) is 4.79 Å². The van der Waals surface area contributed by atoms with E-state index >= 15 is 0 Å². The van der Waals surface area contributed by atoms with E-state index in [1.54, 1.807) is 18.2 Å². The molecule has 0 aliphatic carbocycles. The van der Waals surface area contributed by atoms with Crippen molar-refractivity contribution in [1.29, 1.82) is 0 Å². The zero-order valence-corrected chi connectivity index (χ0v) is 8.29. The summed E-state index contributed by atoms with van der Waals surface area (Å²) in [5.41, 5.74) is 0.913. The van der Waals surface area contributed by atoms with E-state index in [1.165, 1.54) is 18.4 Å². The Morgan fingerprint density at radius 2 is 2.06 bits per heavy atom. The Morgan fingerprint density at radius 3 is 2.62 bits per heavy atom. The maximum absolute atomic E-state index is 10.6. The molecule has 0 spiro atoms. The highest BCUT2D eigenvalue weighted by molar-refractivity contribution is 5.87. The fraction of sp³-hybridized carbons (Fsp3) is 0.0909. The lowest BCUT2D eigenvalue weighted by Gasteiger charge is -2.03. The van der Waals surface area contributed by atoms with Crippen LogP contribution in [-0.4, -0.2) is 16.2 Å². The molecule has 0 radical (unpaired) electrons. The average Bonchev–Trinajstić information content (AvgIpc) is 2.80. The first-order valence-corrected chi connectivity index (χ1v) is 4.61. The molecule has 0 bridgehead atoms. The number of hydrogen-bond acceptors (Lipinski definition) is 4. The number of hydrogen-bond donors (Lipinski definition) is 1. The van der Waals surface area contributed by atoms with Crippen molar-refractivity contribution in [3.8, 4) is 5.75 Å². The molecule has 2 rings (SSSR count). The monoisotopic (exact) mass is 219 g/mol. The van der Waals surface area contributed by atoms with Crippen LogP contribution in [0.1, 0.15) is 16.1 Å². The molecule has 0 atom stereocenters. The normalized spacial score (nSPS) is 10.0. The zero-order valence-electron chi connectivity index (χ0n) is 8.29. The van der Waals surface area contributed by atoms with E-state index in [2.05, 4.69) is 9.68 Å². The van der Waals surface area contributed by atoms with Gasteiger partial charge in [0.15, 0.2) is 0 Å². The molecule has 1 N–H and O–H groups in total. The molecule has 1 aromatic carbocycles. The maximum atomic E-state index is 10.6. The summed E-state index contributed by atoms with van der Waals surface area (Å²) in [4.78, 5) is 10.6. The van der Waals surface area contributed by atoms with Crippen LogP contribution in [0, 0.1) is 0 Å². The highest BCUT2D eigenvalue weighted by atomic mass is 16.5. The van der Waals surface area contributed by atoms with E-state index in [4.69, 9.17) is 9.84 Å². The fourth-order valence-electron chi connectivity index (χ4n) is 1.16. The minimum Gasteiger partial charge on any atom is -0.487 e. The highest BCUT2D eigenvalue weighted by Crippen LogP contribution is 2.13. The lowest BCUT2D eigenvalue weighted by atomic mass is 10.2. The molecule has 0 amide bonds. The van der Waals surface area contributed by atoms with Crippen LogP contribution in [0.2, 0.25) is 0 Å². The van der Waals surface area contributed by atoms with Gasteiger partial charge in [0.1, 0.15) is 24.3 Å². The van der Waals surface area contributed by atoms with Crippen molar-refractivity contribution in [1.82, 2.24) is 5.16 Å². The van der Waals surface area contributed by atoms with Crippen molar-refractivity contribution >= 4 is 5.97 Å². The Hall–Kier alpha value is -2.30. The summed E-state index contributed by atoms with van der Waals surface area (Å²) in [6.07, 6.45) is 1.46. The van der Waals surface area contributed by atoms with Gasteiger partial charge in [-0.05, 0) is 24.3 Å². The first-order valence-electron chi connectivity index (χ1n) is 4.61. The molecule has 82 valence electrons. The van der Waals surface area contributed by atoms with Crippen LogP contribution in [0.3, 0.4) is 0 Å². The number of rotatable bonds is 4. The summed E-state index contributed by atoms with van der Waals surface area (Å²) in [7, 11) is 0. The van der Waals surface area contributed by atoms with Crippen LogP contribution >= 0.6 is 0 Å². The zero-order chi connectivity index (χ0) is 11.4. The van der Waals surface area contributed by atoms with E-state index < -0.39 is 5.97 Å². The molecule has 1 heterocycles. The van der Waals surface area contributed by atoms with Crippen molar-refractivity contribution in [3.63, 3.8) is 0 Å².